The van der Waals surface area contributed by atoms with Gasteiger partial charge in [-0.1, -0.05) is 78.4 Å². The summed E-state index contributed by atoms with van der Waals surface area (Å²) in [4.78, 5) is 24.7. The maximum atomic E-state index is 13.8. The van der Waals surface area contributed by atoms with Crippen molar-refractivity contribution in [3.8, 4) is 11.3 Å². The van der Waals surface area contributed by atoms with E-state index in [9.17, 15) is 13.2 Å². The van der Waals surface area contributed by atoms with E-state index in [-0.39, 0.29) is 17.2 Å². The molecule has 0 radical (unpaired) electrons. The van der Waals surface area contributed by atoms with Crippen molar-refractivity contribution in [3.05, 3.63) is 126 Å². The number of rotatable bonds is 7. The summed E-state index contributed by atoms with van der Waals surface area (Å²) >= 11 is 0. The molecule has 1 aliphatic rings. The number of aromatic nitrogens is 1. The molecule has 6 rings (SSSR count). The third-order valence-corrected chi connectivity index (χ3v) is 8.66. The van der Waals surface area contributed by atoms with Gasteiger partial charge in [-0.15, -0.1) is 0 Å². The summed E-state index contributed by atoms with van der Waals surface area (Å²) in [5.74, 6) is -0.935. The van der Waals surface area contributed by atoms with Crippen LogP contribution in [0.25, 0.3) is 22.2 Å². The molecule has 4 aromatic carbocycles. The summed E-state index contributed by atoms with van der Waals surface area (Å²) in [5.41, 5.74) is 5.50. The number of pyridine rings is 1. The Labute approximate surface area is 233 Å². The van der Waals surface area contributed by atoms with Crippen LogP contribution in [-0.4, -0.2) is 31.7 Å². The van der Waals surface area contributed by atoms with E-state index in [0.717, 1.165) is 33.3 Å². The fourth-order valence-corrected chi connectivity index (χ4v) is 6.02. The molecule has 7 heteroatoms. The van der Waals surface area contributed by atoms with Crippen LogP contribution in [0.4, 0.5) is 5.69 Å². The maximum absolute atomic E-state index is 13.8. The van der Waals surface area contributed by atoms with E-state index in [1.165, 1.54) is 0 Å². The standard InChI is InChI=1S/C33H28N2O4S/c1-23-11-15-28(16-12-23)40(37,38)22-39-35-21-27(19-24-7-3-2-4-8-24)33(36)29-20-26(14-18-32(29)35)31-17-13-25-9-5-6-10-30(25)34-31/h2-18,20,27H,19,21-22H2,1H3. The summed E-state index contributed by atoms with van der Waals surface area (Å²) in [5, 5.41) is 2.60. The van der Waals surface area contributed by atoms with Crippen molar-refractivity contribution in [1.82, 2.24) is 4.98 Å². The molecule has 200 valence electrons. The van der Waals surface area contributed by atoms with E-state index >= 15 is 0 Å². The second kappa shape index (κ2) is 10.7. The van der Waals surface area contributed by atoms with Crippen LogP contribution in [0.1, 0.15) is 21.5 Å². The zero-order valence-electron chi connectivity index (χ0n) is 22.0. The van der Waals surface area contributed by atoms with Crippen LogP contribution in [0.3, 0.4) is 0 Å². The topological polar surface area (TPSA) is 76.6 Å². The molecule has 0 saturated heterocycles. The number of para-hydroxylation sites is 1. The predicted molar refractivity (Wildman–Crippen MR) is 157 cm³/mol. The molecule has 1 aliphatic heterocycles. The predicted octanol–water partition coefficient (Wildman–Crippen LogP) is 6.43. The van der Waals surface area contributed by atoms with Gasteiger partial charge in [0, 0.05) is 22.4 Å². The number of hydrogen-bond donors (Lipinski definition) is 0. The number of sulfone groups is 1. The van der Waals surface area contributed by atoms with E-state index in [1.807, 2.05) is 91.9 Å². The number of Topliss-reactive ketones (excluding diaryl/α,β-unsaturated/α-hetero) is 1. The number of hydrogen-bond acceptors (Lipinski definition) is 6. The summed E-state index contributed by atoms with van der Waals surface area (Å²) < 4.78 is 26.1. The normalized spacial score (nSPS) is 15.3. The monoisotopic (exact) mass is 548 g/mol. The largest absolute Gasteiger partial charge is 0.294 e. The highest BCUT2D eigenvalue weighted by Gasteiger charge is 2.34. The Hall–Kier alpha value is -4.33. The molecule has 0 saturated carbocycles. The molecule has 40 heavy (non-hydrogen) atoms. The molecule has 0 fully saturated rings. The molecular formula is C33H28N2O4S. The molecule has 0 amide bonds. The Balaban J connectivity index is 1.34. The molecule has 1 atom stereocenters. The first-order chi connectivity index (χ1) is 19.4. The molecule has 2 heterocycles. The van der Waals surface area contributed by atoms with E-state index in [0.29, 0.717) is 17.7 Å². The van der Waals surface area contributed by atoms with Crippen molar-refractivity contribution >= 4 is 32.2 Å². The second-order valence-corrected chi connectivity index (χ2v) is 12.0. The molecule has 6 nitrogen and oxygen atoms in total. The maximum Gasteiger partial charge on any atom is 0.204 e. The van der Waals surface area contributed by atoms with Crippen LogP contribution >= 0.6 is 0 Å². The van der Waals surface area contributed by atoms with Gasteiger partial charge in [-0.25, -0.2) is 13.4 Å². The minimum Gasteiger partial charge on any atom is -0.294 e. The third-order valence-electron chi connectivity index (χ3n) is 7.25. The van der Waals surface area contributed by atoms with Crippen molar-refractivity contribution in [3.63, 3.8) is 0 Å². The van der Waals surface area contributed by atoms with E-state index in [2.05, 4.69) is 0 Å². The highest BCUT2D eigenvalue weighted by atomic mass is 32.2. The summed E-state index contributed by atoms with van der Waals surface area (Å²) in [6, 6.07) is 33.9. The number of aryl methyl sites for hydroxylation is 1. The summed E-state index contributed by atoms with van der Waals surface area (Å²) in [7, 11) is -3.70. The lowest BCUT2D eigenvalue weighted by Crippen LogP contribution is -2.41. The zero-order chi connectivity index (χ0) is 27.7. The van der Waals surface area contributed by atoms with Gasteiger partial charge >= 0.3 is 0 Å². The van der Waals surface area contributed by atoms with Gasteiger partial charge in [-0.2, -0.15) is 0 Å². The number of nitrogens with zero attached hydrogens (tertiary/aromatic N) is 2. The highest BCUT2D eigenvalue weighted by Crippen LogP contribution is 2.35. The van der Waals surface area contributed by atoms with Crippen molar-refractivity contribution in [1.29, 1.82) is 0 Å². The Morgan fingerprint density at radius 1 is 0.875 bits per heavy atom. The fraction of sp³-hybridized carbons (Fsp3) is 0.152. The molecule has 0 bridgehead atoms. The minimum atomic E-state index is -3.70. The number of benzene rings is 4. The lowest BCUT2D eigenvalue weighted by Gasteiger charge is -2.34. The number of anilines is 1. The van der Waals surface area contributed by atoms with Crippen molar-refractivity contribution in [2.45, 2.75) is 18.2 Å². The lowest BCUT2D eigenvalue weighted by molar-refractivity contribution is 0.0828. The zero-order valence-corrected chi connectivity index (χ0v) is 22.8. The Kier molecular flexibility index (Phi) is 6.92. The molecule has 0 N–H and O–H groups in total. The number of ketones is 1. The first kappa shape index (κ1) is 25.9. The van der Waals surface area contributed by atoms with Crippen LogP contribution in [-0.2, 0) is 21.1 Å². The van der Waals surface area contributed by atoms with Crippen molar-refractivity contribution in [2.75, 3.05) is 17.5 Å². The molecule has 5 aromatic rings. The van der Waals surface area contributed by atoms with Gasteiger partial charge in [0.05, 0.1) is 28.3 Å². The first-order valence-electron chi connectivity index (χ1n) is 13.2. The highest BCUT2D eigenvalue weighted by molar-refractivity contribution is 7.91. The lowest BCUT2D eigenvalue weighted by atomic mass is 9.86. The summed E-state index contributed by atoms with van der Waals surface area (Å²) in [6.07, 6.45) is 0.516. The quantitative estimate of drug-likeness (QED) is 0.233. The smallest absolute Gasteiger partial charge is 0.204 e. The van der Waals surface area contributed by atoms with Crippen LogP contribution in [0.15, 0.2) is 114 Å². The Bertz CT molecular complexity index is 1800. The van der Waals surface area contributed by atoms with Gasteiger partial charge < -0.3 is 0 Å². The van der Waals surface area contributed by atoms with E-state index < -0.39 is 21.7 Å². The Morgan fingerprint density at radius 3 is 2.42 bits per heavy atom. The number of carbonyl (C=O) groups is 1. The Morgan fingerprint density at radius 2 is 1.62 bits per heavy atom. The molecular weight excluding hydrogens is 520 g/mol. The van der Waals surface area contributed by atoms with Gasteiger partial charge in [-0.05, 0) is 55.3 Å². The first-order valence-corrected chi connectivity index (χ1v) is 14.8. The van der Waals surface area contributed by atoms with Gasteiger partial charge in [0.1, 0.15) is 0 Å². The van der Waals surface area contributed by atoms with Crippen LogP contribution in [0.2, 0.25) is 0 Å². The van der Waals surface area contributed by atoms with Gasteiger partial charge in [0.15, 0.2) is 11.7 Å². The molecule has 0 spiro atoms. The number of fused-ring (bicyclic) bond motifs is 2. The fourth-order valence-electron chi connectivity index (χ4n) is 5.06. The number of hydroxylamine groups is 1. The molecule has 0 aliphatic carbocycles. The van der Waals surface area contributed by atoms with Crippen molar-refractivity contribution in [2.24, 2.45) is 5.92 Å². The van der Waals surface area contributed by atoms with Gasteiger partial charge in [0.25, 0.3) is 0 Å². The summed E-state index contributed by atoms with van der Waals surface area (Å²) in [6.45, 7) is 2.15. The molecule has 1 aromatic heterocycles. The minimum absolute atomic E-state index is 0.00253. The van der Waals surface area contributed by atoms with Crippen LogP contribution in [0, 0.1) is 12.8 Å². The van der Waals surface area contributed by atoms with E-state index in [4.69, 9.17) is 9.82 Å². The third kappa shape index (κ3) is 5.26. The van der Waals surface area contributed by atoms with Gasteiger partial charge in [0.2, 0.25) is 9.84 Å². The average Bonchev–Trinajstić information content (AvgIpc) is 2.98. The average molecular weight is 549 g/mol. The van der Waals surface area contributed by atoms with Crippen molar-refractivity contribution < 1.29 is 18.0 Å². The van der Waals surface area contributed by atoms with Crippen LogP contribution < -0.4 is 5.06 Å². The van der Waals surface area contributed by atoms with Crippen LogP contribution in [0.5, 0.6) is 0 Å². The number of carbonyl (C=O) groups excluding carboxylic acids is 1. The van der Waals surface area contributed by atoms with E-state index in [1.54, 1.807) is 29.3 Å². The SMILES string of the molecule is Cc1ccc(S(=O)(=O)CON2CC(Cc3ccccc3)C(=O)c3cc(-c4ccc5ccccc5n4)ccc32)cc1. The molecule has 1 unspecified atom stereocenters. The van der Waals surface area contributed by atoms with Gasteiger partial charge in [-0.3, -0.25) is 14.7 Å². The second-order valence-electron chi connectivity index (χ2n) is 10.1.